The van der Waals surface area contributed by atoms with Crippen LogP contribution in [0.25, 0.3) is 0 Å². The summed E-state index contributed by atoms with van der Waals surface area (Å²) in [4.78, 5) is 24.9. The summed E-state index contributed by atoms with van der Waals surface area (Å²) < 4.78 is 30.2. The summed E-state index contributed by atoms with van der Waals surface area (Å²) in [7, 11) is -3.60. The molecule has 7 heteroatoms. The Morgan fingerprint density at radius 1 is 1.07 bits per heavy atom. The zero-order chi connectivity index (χ0) is 20.1. The molecule has 148 valence electrons. The van der Waals surface area contributed by atoms with Gasteiger partial charge in [0.25, 0.3) is 5.91 Å². The first-order valence-electron chi connectivity index (χ1n) is 9.19. The number of benzene rings is 2. The minimum atomic E-state index is -3.60. The van der Waals surface area contributed by atoms with E-state index in [-0.39, 0.29) is 29.0 Å². The summed E-state index contributed by atoms with van der Waals surface area (Å²) in [5.74, 6) is -1.49. The monoisotopic (exact) mass is 401 g/mol. The molecule has 2 aromatic carbocycles. The highest BCUT2D eigenvalue weighted by Gasteiger charge is 2.31. The van der Waals surface area contributed by atoms with Crippen molar-refractivity contribution in [2.24, 2.45) is 0 Å². The molecule has 0 radical (unpaired) electrons. The Balaban J connectivity index is 1.64. The molecule has 3 rings (SSSR count). The maximum atomic E-state index is 12.5. The SMILES string of the molecule is Cc1ccc(S(=O)(=O)CCC(=O)O[C@@H](C(=O)NC2CC2)c2ccccc2)cc1. The second-order valence-electron chi connectivity index (χ2n) is 6.95. The van der Waals surface area contributed by atoms with E-state index in [0.717, 1.165) is 18.4 Å². The number of hydrogen-bond donors (Lipinski definition) is 1. The van der Waals surface area contributed by atoms with E-state index in [9.17, 15) is 18.0 Å². The highest BCUT2D eigenvalue weighted by atomic mass is 32.2. The van der Waals surface area contributed by atoms with Gasteiger partial charge in [-0.2, -0.15) is 0 Å². The van der Waals surface area contributed by atoms with E-state index in [4.69, 9.17) is 4.74 Å². The molecule has 1 fully saturated rings. The highest BCUT2D eigenvalue weighted by Crippen LogP contribution is 2.24. The molecule has 1 saturated carbocycles. The maximum Gasteiger partial charge on any atom is 0.307 e. The van der Waals surface area contributed by atoms with Gasteiger partial charge in [0.15, 0.2) is 9.84 Å². The first kappa shape index (κ1) is 20.1. The highest BCUT2D eigenvalue weighted by molar-refractivity contribution is 7.91. The molecule has 1 amide bonds. The van der Waals surface area contributed by atoms with E-state index in [1.54, 1.807) is 42.5 Å². The normalized spacial score (nSPS) is 14.9. The number of carbonyl (C=O) groups is 2. The molecule has 6 nitrogen and oxygen atoms in total. The van der Waals surface area contributed by atoms with Gasteiger partial charge < -0.3 is 10.1 Å². The van der Waals surface area contributed by atoms with Gasteiger partial charge in [-0.3, -0.25) is 9.59 Å². The van der Waals surface area contributed by atoms with Crippen molar-refractivity contribution < 1.29 is 22.7 Å². The van der Waals surface area contributed by atoms with Crippen molar-refractivity contribution in [2.45, 2.75) is 43.2 Å². The summed E-state index contributed by atoms with van der Waals surface area (Å²) in [5, 5.41) is 2.83. The van der Waals surface area contributed by atoms with Crippen LogP contribution in [0, 0.1) is 6.92 Å². The number of carbonyl (C=O) groups excluding carboxylic acids is 2. The van der Waals surface area contributed by atoms with Crippen LogP contribution in [0.4, 0.5) is 0 Å². The van der Waals surface area contributed by atoms with Crippen molar-refractivity contribution >= 4 is 21.7 Å². The first-order chi connectivity index (χ1) is 13.3. The number of esters is 1. The summed E-state index contributed by atoms with van der Waals surface area (Å²) in [6.07, 6.45) is 0.416. The third-order valence-electron chi connectivity index (χ3n) is 4.47. The number of rotatable bonds is 8. The number of ether oxygens (including phenoxy) is 1. The topological polar surface area (TPSA) is 89.5 Å². The third kappa shape index (κ3) is 5.42. The molecule has 0 unspecified atom stereocenters. The minimum absolute atomic E-state index is 0.124. The number of sulfone groups is 1. The van der Waals surface area contributed by atoms with Crippen LogP contribution in [-0.2, 0) is 24.2 Å². The van der Waals surface area contributed by atoms with Crippen LogP contribution in [0.15, 0.2) is 59.5 Å². The van der Waals surface area contributed by atoms with Gasteiger partial charge in [-0.1, -0.05) is 48.0 Å². The lowest BCUT2D eigenvalue weighted by Gasteiger charge is -2.18. The number of nitrogens with one attached hydrogen (secondary N) is 1. The molecular formula is C21H23NO5S. The van der Waals surface area contributed by atoms with Gasteiger partial charge in [0.1, 0.15) is 0 Å². The molecule has 2 aromatic rings. The zero-order valence-electron chi connectivity index (χ0n) is 15.6. The van der Waals surface area contributed by atoms with Crippen molar-refractivity contribution in [3.05, 3.63) is 65.7 Å². The fourth-order valence-electron chi connectivity index (χ4n) is 2.68. The van der Waals surface area contributed by atoms with Crippen LogP contribution >= 0.6 is 0 Å². The van der Waals surface area contributed by atoms with Crippen LogP contribution in [-0.4, -0.2) is 32.1 Å². The number of amides is 1. The third-order valence-corrected chi connectivity index (χ3v) is 6.20. The first-order valence-corrected chi connectivity index (χ1v) is 10.8. The van der Waals surface area contributed by atoms with Crippen molar-refractivity contribution in [1.82, 2.24) is 5.32 Å². The summed E-state index contributed by atoms with van der Waals surface area (Å²) in [6.45, 7) is 1.87. The fourth-order valence-corrected chi connectivity index (χ4v) is 3.90. The molecule has 0 aliphatic heterocycles. The minimum Gasteiger partial charge on any atom is -0.447 e. The zero-order valence-corrected chi connectivity index (χ0v) is 16.4. The second-order valence-corrected chi connectivity index (χ2v) is 9.05. The van der Waals surface area contributed by atoms with E-state index in [1.807, 2.05) is 6.92 Å². The molecule has 0 heterocycles. The Hall–Kier alpha value is -2.67. The Morgan fingerprint density at radius 2 is 1.71 bits per heavy atom. The standard InChI is InChI=1S/C21H23NO5S/c1-15-7-11-18(12-8-15)28(25,26)14-13-19(23)27-20(16-5-3-2-4-6-16)21(24)22-17-9-10-17/h2-8,11-12,17,20H,9-10,13-14H2,1H3,(H,22,24)/t20-/m1/s1. The summed E-state index contributed by atoms with van der Waals surface area (Å²) in [6, 6.07) is 15.3. The lowest BCUT2D eigenvalue weighted by molar-refractivity contribution is -0.156. The maximum absolute atomic E-state index is 12.5. The Morgan fingerprint density at radius 3 is 2.32 bits per heavy atom. The Labute approximate surface area is 164 Å². The van der Waals surface area contributed by atoms with E-state index >= 15 is 0 Å². The Bertz CT molecular complexity index is 935. The largest absolute Gasteiger partial charge is 0.447 e. The van der Waals surface area contributed by atoms with Gasteiger partial charge in [-0.15, -0.1) is 0 Å². The predicted octanol–water partition coefficient (Wildman–Crippen LogP) is 2.72. The van der Waals surface area contributed by atoms with Crippen molar-refractivity contribution in [1.29, 1.82) is 0 Å². The van der Waals surface area contributed by atoms with E-state index < -0.39 is 21.9 Å². The lowest BCUT2D eigenvalue weighted by Crippen LogP contribution is -2.33. The quantitative estimate of drug-likeness (QED) is 0.687. The van der Waals surface area contributed by atoms with Crippen LogP contribution in [0.1, 0.15) is 36.5 Å². The summed E-state index contributed by atoms with van der Waals surface area (Å²) in [5.41, 5.74) is 1.50. The van der Waals surface area contributed by atoms with Gasteiger partial charge >= 0.3 is 5.97 Å². The van der Waals surface area contributed by atoms with Crippen molar-refractivity contribution in [3.8, 4) is 0 Å². The molecule has 1 aliphatic rings. The molecule has 0 aromatic heterocycles. The van der Waals surface area contributed by atoms with Gasteiger partial charge in [-0.25, -0.2) is 8.42 Å². The Kier molecular flexibility index (Phi) is 6.14. The van der Waals surface area contributed by atoms with Crippen molar-refractivity contribution in [2.75, 3.05) is 5.75 Å². The average molecular weight is 401 g/mol. The number of aryl methyl sites for hydroxylation is 1. The molecular weight excluding hydrogens is 378 g/mol. The van der Waals surface area contributed by atoms with Crippen LogP contribution < -0.4 is 5.32 Å². The molecule has 1 atom stereocenters. The van der Waals surface area contributed by atoms with Crippen LogP contribution in [0.3, 0.4) is 0 Å². The van der Waals surface area contributed by atoms with Gasteiger partial charge in [0.05, 0.1) is 17.1 Å². The predicted molar refractivity (Wildman–Crippen MR) is 104 cm³/mol. The average Bonchev–Trinajstić information content (AvgIpc) is 3.49. The second kappa shape index (κ2) is 8.56. The van der Waals surface area contributed by atoms with E-state index in [0.29, 0.717) is 5.56 Å². The molecule has 1 aliphatic carbocycles. The molecule has 0 bridgehead atoms. The van der Waals surface area contributed by atoms with Crippen LogP contribution in [0.5, 0.6) is 0 Å². The summed E-state index contributed by atoms with van der Waals surface area (Å²) >= 11 is 0. The van der Waals surface area contributed by atoms with Gasteiger partial charge in [-0.05, 0) is 31.9 Å². The molecule has 0 saturated heterocycles. The molecule has 28 heavy (non-hydrogen) atoms. The van der Waals surface area contributed by atoms with Gasteiger partial charge in [0.2, 0.25) is 6.10 Å². The smallest absolute Gasteiger partial charge is 0.307 e. The number of hydrogen-bond acceptors (Lipinski definition) is 5. The lowest BCUT2D eigenvalue weighted by atomic mass is 10.1. The fraction of sp³-hybridized carbons (Fsp3) is 0.333. The van der Waals surface area contributed by atoms with E-state index in [2.05, 4.69) is 5.32 Å². The van der Waals surface area contributed by atoms with Crippen molar-refractivity contribution in [3.63, 3.8) is 0 Å². The molecule has 1 N–H and O–H groups in total. The molecule has 0 spiro atoms. The van der Waals surface area contributed by atoms with Crippen LogP contribution in [0.2, 0.25) is 0 Å². The van der Waals surface area contributed by atoms with E-state index in [1.165, 1.54) is 12.1 Å². The van der Waals surface area contributed by atoms with Gasteiger partial charge in [0, 0.05) is 11.6 Å².